The van der Waals surface area contributed by atoms with Crippen molar-refractivity contribution in [1.82, 2.24) is 9.55 Å². The van der Waals surface area contributed by atoms with Crippen molar-refractivity contribution in [3.05, 3.63) is 44.4 Å². The van der Waals surface area contributed by atoms with E-state index < -0.39 is 23.6 Å². The molecule has 2 rings (SSSR count). The Kier molecular flexibility index (Phi) is 2.86. The van der Waals surface area contributed by atoms with Crippen LogP contribution >= 0.6 is 0 Å². The molecule has 17 heavy (non-hydrogen) atoms. The van der Waals surface area contributed by atoms with Crippen LogP contribution in [0, 0.1) is 6.92 Å². The van der Waals surface area contributed by atoms with Crippen LogP contribution in [0.3, 0.4) is 0 Å². The first-order valence-corrected chi connectivity index (χ1v) is 5.02. The number of aliphatic hydroxyl groups is 2. The van der Waals surface area contributed by atoms with Gasteiger partial charge in [-0.3, -0.25) is 14.3 Å². The van der Waals surface area contributed by atoms with Gasteiger partial charge in [0.25, 0.3) is 5.56 Å². The van der Waals surface area contributed by atoms with Crippen molar-refractivity contribution in [2.24, 2.45) is 0 Å². The second kappa shape index (κ2) is 4.19. The van der Waals surface area contributed by atoms with Crippen molar-refractivity contribution in [2.45, 2.75) is 19.3 Å². The van der Waals surface area contributed by atoms with Crippen molar-refractivity contribution in [1.29, 1.82) is 0 Å². The molecule has 1 aliphatic rings. The van der Waals surface area contributed by atoms with E-state index >= 15 is 0 Å². The Bertz CT molecular complexity index is 571. The molecule has 0 aliphatic carbocycles. The van der Waals surface area contributed by atoms with Crippen molar-refractivity contribution in [3.63, 3.8) is 0 Å². The summed E-state index contributed by atoms with van der Waals surface area (Å²) in [6.07, 6.45) is 0.990. The summed E-state index contributed by atoms with van der Waals surface area (Å²) in [6, 6.07) is 0. The lowest BCUT2D eigenvalue weighted by Gasteiger charge is -2.14. The number of ether oxygens (including phenoxy) is 1. The predicted octanol–water partition coefficient (Wildman–Crippen LogP) is -0.823. The van der Waals surface area contributed by atoms with Gasteiger partial charge in [-0.2, -0.15) is 0 Å². The number of aromatic nitrogens is 2. The molecular formula is C10H12N2O5. The molecule has 0 radical (unpaired) electrons. The van der Waals surface area contributed by atoms with Gasteiger partial charge in [0.1, 0.15) is 11.9 Å². The van der Waals surface area contributed by atoms with Gasteiger partial charge >= 0.3 is 5.69 Å². The van der Waals surface area contributed by atoms with Crippen LogP contribution in [0.1, 0.15) is 11.8 Å². The third-order valence-electron chi connectivity index (χ3n) is 2.53. The van der Waals surface area contributed by atoms with Crippen LogP contribution in [0.15, 0.2) is 27.6 Å². The van der Waals surface area contributed by atoms with Gasteiger partial charge < -0.3 is 14.9 Å². The van der Waals surface area contributed by atoms with E-state index in [1.807, 2.05) is 0 Å². The Hall–Kier alpha value is -1.86. The molecule has 2 atom stereocenters. The molecule has 0 saturated carbocycles. The molecule has 0 amide bonds. The first kappa shape index (κ1) is 11.6. The van der Waals surface area contributed by atoms with Gasteiger partial charge in [0.05, 0.1) is 6.61 Å². The summed E-state index contributed by atoms with van der Waals surface area (Å²) in [4.78, 5) is 24.8. The van der Waals surface area contributed by atoms with E-state index in [1.165, 1.54) is 12.3 Å². The zero-order chi connectivity index (χ0) is 12.6. The van der Waals surface area contributed by atoms with E-state index in [9.17, 15) is 14.7 Å². The minimum Gasteiger partial charge on any atom is -0.510 e. The highest BCUT2D eigenvalue weighted by molar-refractivity contribution is 5.10. The van der Waals surface area contributed by atoms with E-state index in [-0.39, 0.29) is 12.4 Å². The predicted molar refractivity (Wildman–Crippen MR) is 57.8 cm³/mol. The second-order valence-electron chi connectivity index (χ2n) is 3.77. The molecule has 1 aromatic heterocycles. The van der Waals surface area contributed by atoms with E-state index in [4.69, 9.17) is 9.84 Å². The van der Waals surface area contributed by atoms with Crippen LogP contribution in [0.25, 0.3) is 0 Å². The molecule has 0 fully saturated rings. The van der Waals surface area contributed by atoms with E-state index in [0.29, 0.717) is 5.56 Å². The molecule has 0 spiro atoms. The van der Waals surface area contributed by atoms with E-state index in [0.717, 1.165) is 4.57 Å². The van der Waals surface area contributed by atoms with Gasteiger partial charge in [0, 0.05) is 17.8 Å². The first-order valence-electron chi connectivity index (χ1n) is 5.02. The molecule has 7 nitrogen and oxygen atoms in total. The quantitative estimate of drug-likeness (QED) is 0.626. The summed E-state index contributed by atoms with van der Waals surface area (Å²) >= 11 is 0. The summed E-state index contributed by atoms with van der Waals surface area (Å²) < 4.78 is 6.37. The van der Waals surface area contributed by atoms with Crippen LogP contribution in [-0.2, 0) is 4.74 Å². The molecule has 7 heteroatoms. The van der Waals surface area contributed by atoms with Gasteiger partial charge in [0.2, 0.25) is 0 Å². The number of nitrogens with one attached hydrogen (secondary N) is 1. The molecule has 1 aliphatic heterocycles. The summed E-state index contributed by atoms with van der Waals surface area (Å²) in [5, 5.41) is 18.3. The fourth-order valence-corrected chi connectivity index (χ4v) is 1.59. The Morgan fingerprint density at radius 3 is 2.82 bits per heavy atom. The molecular weight excluding hydrogens is 228 g/mol. The number of aromatic amines is 1. The van der Waals surface area contributed by atoms with Gasteiger partial charge in [-0.25, -0.2) is 4.79 Å². The van der Waals surface area contributed by atoms with Crippen LogP contribution < -0.4 is 11.2 Å². The van der Waals surface area contributed by atoms with E-state index in [1.54, 1.807) is 6.92 Å². The number of hydrogen-bond donors (Lipinski definition) is 3. The average molecular weight is 240 g/mol. The Morgan fingerprint density at radius 2 is 2.24 bits per heavy atom. The fourth-order valence-electron chi connectivity index (χ4n) is 1.59. The summed E-state index contributed by atoms with van der Waals surface area (Å²) in [6.45, 7) is 1.17. The van der Waals surface area contributed by atoms with Gasteiger partial charge in [0.15, 0.2) is 6.23 Å². The van der Waals surface area contributed by atoms with Crippen LogP contribution in [-0.4, -0.2) is 32.5 Å². The van der Waals surface area contributed by atoms with Crippen LogP contribution in [0.4, 0.5) is 0 Å². The second-order valence-corrected chi connectivity index (χ2v) is 3.77. The monoisotopic (exact) mass is 240 g/mol. The molecule has 1 aromatic rings. The van der Waals surface area contributed by atoms with Crippen molar-refractivity contribution in [3.8, 4) is 0 Å². The van der Waals surface area contributed by atoms with Crippen molar-refractivity contribution in [2.75, 3.05) is 6.61 Å². The number of hydrogen-bond acceptors (Lipinski definition) is 5. The maximum atomic E-state index is 11.5. The highest BCUT2D eigenvalue weighted by Crippen LogP contribution is 2.23. The van der Waals surface area contributed by atoms with Crippen LogP contribution in [0.5, 0.6) is 0 Å². The maximum absolute atomic E-state index is 11.5. The standard InChI is InChI=1S/C10H12N2O5/c1-5-3-12(10(16)11-9(5)15)8-2-6(14)7(4-13)17-8/h2-3,7-8,13-14H,4H2,1H3,(H,11,15,16)/t7-,8-/m1/s1. The van der Waals surface area contributed by atoms with Crippen molar-refractivity contribution < 1.29 is 14.9 Å². The largest absolute Gasteiger partial charge is 0.510 e. The Labute approximate surface area is 95.6 Å². The normalized spacial score (nSPS) is 23.8. The van der Waals surface area contributed by atoms with Gasteiger partial charge in [-0.05, 0) is 6.92 Å². The third kappa shape index (κ3) is 2.02. The fraction of sp³-hybridized carbons (Fsp3) is 0.400. The number of aliphatic hydroxyl groups excluding tert-OH is 2. The molecule has 0 bridgehead atoms. The lowest BCUT2D eigenvalue weighted by Crippen LogP contribution is -2.33. The Balaban J connectivity index is 2.41. The zero-order valence-corrected chi connectivity index (χ0v) is 9.08. The van der Waals surface area contributed by atoms with E-state index in [2.05, 4.69) is 4.98 Å². The topological polar surface area (TPSA) is 105 Å². The average Bonchev–Trinajstić information content (AvgIpc) is 2.65. The molecule has 0 aromatic carbocycles. The molecule has 92 valence electrons. The van der Waals surface area contributed by atoms with Gasteiger partial charge in [-0.15, -0.1) is 0 Å². The summed E-state index contributed by atoms with van der Waals surface area (Å²) in [7, 11) is 0. The lowest BCUT2D eigenvalue weighted by molar-refractivity contribution is -0.0251. The first-order chi connectivity index (χ1) is 8.02. The smallest absolute Gasteiger partial charge is 0.330 e. The number of H-pyrrole nitrogens is 1. The number of rotatable bonds is 2. The van der Waals surface area contributed by atoms with Crippen molar-refractivity contribution >= 4 is 0 Å². The molecule has 3 N–H and O–H groups in total. The minimum absolute atomic E-state index is 0.131. The molecule has 0 unspecified atom stereocenters. The molecule has 0 saturated heterocycles. The summed E-state index contributed by atoms with van der Waals surface area (Å²) in [5.74, 6) is -0.131. The third-order valence-corrected chi connectivity index (χ3v) is 2.53. The summed E-state index contributed by atoms with van der Waals surface area (Å²) in [5.41, 5.74) is -0.738. The lowest BCUT2D eigenvalue weighted by atomic mass is 10.3. The maximum Gasteiger partial charge on any atom is 0.330 e. The highest BCUT2D eigenvalue weighted by atomic mass is 16.5. The SMILES string of the molecule is Cc1cn([C@H]2C=C(O)[C@@H](CO)O2)c(=O)[nH]c1=O. The minimum atomic E-state index is -0.834. The molecule has 2 heterocycles. The highest BCUT2D eigenvalue weighted by Gasteiger charge is 2.28. The number of aryl methyl sites for hydroxylation is 1. The van der Waals surface area contributed by atoms with Gasteiger partial charge in [-0.1, -0.05) is 0 Å². The zero-order valence-electron chi connectivity index (χ0n) is 9.08. The Morgan fingerprint density at radius 1 is 1.53 bits per heavy atom. The number of nitrogens with zero attached hydrogens (tertiary/aromatic N) is 1. The van der Waals surface area contributed by atoms with Crippen LogP contribution in [0.2, 0.25) is 0 Å².